The number of hydrogen-bond acceptors (Lipinski definition) is 1. The zero-order valence-electron chi connectivity index (χ0n) is 10.3. The van der Waals surface area contributed by atoms with Gasteiger partial charge in [-0.25, -0.2) is 4.79 Å². The van der Waals surface area contributed by atoms with E-state index < -0.39 is 0 Å². The Morgan fingerprint density at radius 1 is 1.05 bits per heavy atom. The topological polar surface area (TPSA) is 32.3 Å². The summed E-state index contributed by atoms with van der Waals surface area (Å²) in [4.78, 5) is 14.0. The van der Waals surface area contributed by atoms with Crippen molar-refractivity contribution >= 4 is 27.6 Å². The number of amides is 2. The van der Waals surface area contributed by atoms with E-state index in [0.29, 0.717) is 13.1 Å². The molecular weight excluding hydrogens is 304 g/mol. The average molecular weight is 317 g/mol. The summed E-state index contributed by atoms with van der Waals surface area (Å²) >= 11 is 3.46. The molecule has 0 fully saturated rings. The molecule has 1 aliphatic rings. The Kier molecular flexibility index (Phi) is 3.25. The van der Waals surface area contributed by atoms with Crippen LogP contribution in [0.15, 0.2) is 53.0 Å². The SMILES string of the molecule is O=C(Nc1ccccc1)N1Cc2ccc(Br)cc2C1. The van der Waals surface area contributed by atoms with Gasteiger partial charge in [-0.3, -0.25) is 0 Å². The van der Waals surface area contributed by atoms with Crippen LogP contribution in [0.5, 0.6) is 0 Å². The predicted octanol–water partition coefficient (Wildman–Crippen LogP) is 4.00. The minimum absolute atomic E-state index is 0.0569. The first kappa shape index (κ1) is 12.2. The molecule has 0 saturated carbocycles. The van der Waals surface area contributed by atoms with Gasteiger partial charge in [-0.2, -0.15) is 0 Å². The number of carbonyl (C=O) groups excluding carboxylic acids is 1. The van der Waals surface area contributed by atoms with E-state index in [0.717, 1.165) is 10.2 Å². The largest absolute Gasteiger partial charge is 0.322 e. The second kappa shape index (κ2) is 5.05. The highest BCUT2D eigenvalue weighted by molar-refractivity contribution is 9.10. The van der Waals surface area contributed by atoms with E-state index in [2.05, 4.69) is 33.4 Å². The Balaban J connectivity index is 1.71. The number of urea groups is 1. The minimum atomic E-state index is -0.0569. The molecule has 1 N–H and O–H groups in total. The van der Waals surface area contributed by atoms with Crippen LogP contribution in [0, 0.1) is 0 Å². The Hall–Kier alpha value is -1.81. The lowest BCUT2D eigenvalue weighted by Crippen LogP contribution is -2.30. The Bertz CT molecular complexity index is 613. The lowest BCUT2D eigenvalue weighted by atomic mass is 10.1. The van der Waals surface area contributed by atoms with Crippen LogP contribution in [0.4, 0.5) is 10.5 Å². The van der Waals surface area contributed by atoms with Crippen LogP contribution in [0.1, 0.15) is 11.1 Å². The van der Waals surface area contributed by atoms with Gasteiger partial charge in [0.15, 0.2) is 0 Å². The number of rotatable bonds is 1. The number of nitrogens with zero attached hydrogens (tertiary/aromatic N) is 1. The molecular formula is C15H13BrN2O. The maximum atomic E-state index is 12.2. The molecule has 4 heteroatoms. The van der Waals surface area contributed by atoms with Crippen molar-refractivity contribution in [3.8, 4) is 0 Å². The van der Waals surface area contributed by atoms with Crippen molar-refractivity contribution in [2.75, 3.05) is 5.32 Å². The first-order valence-corrected chi connectivity index (χ1v) is 6.90. The molecule has 0 radical (unpaired) electrons. The summed E-state index contributed by atoms with van der Waals surface area (Å²) in [7, 11) is 0. The Morgan fingerprint density at radius 3 is 2.58 bits per heavy atom. The lowest BCUT2D eigenvalue weighted by molar-refractivity contribution is 0.212. The first-order valence-electron chi connectivity index (χ1n) is 6.10. The maximum Gasteiger partial charge on any atom is 0.322 e. The number of fused-ring (bicyclic) bond motifs is 1. The van der Waals surface area contributed by atoms with E-state index in [1.54, 1.807) is 0 Å². The van der Waals surface area contributed by atoms with E-state index in [4.69, 9.17) is 0 Å². The standard InChI is InChI=1S/C15H13BrN2O/c16-13-7-6-11-9-18(10-12(11)8-13)15(19)17-14-4-2-1-3-5-14/h1-8H,9-10H2,(H,17,19). The number of carbonyl (C=O) groups is 1. The van der Waals surface area contributed by atoms with E-state index in [1.807, 2.05) is 41.3 Å². The van der Waals surface area contributed by atoms with E-state index in [9.17, 15) is 4.79 Å². The Labute approximate surface area is 120 Å². The number of anilines is 1. The van der Waals surface area contributed by atoms with Gasteiger partial charge in [0, 0.05) is 23.2 Å². The van der Waals surface area contributed by atoms with Crippen molar-refractivity contribution < 1.29 is 4.79 Å². The van der Waals surface area contributed by atoms with Crippen molar-refractivity contribution in [3.63, 3.8) is 0 Å². The van der Waals surface area contributed by atoms with Crippen molar-refractivity contribution in [3.05, 3.63) is 64.1 Å². The summed E-state index contributed by atoms with van der Waals surface area (Å²) in [6.07, 6.45) is 0. The van der Waals surface area contributed by atoms with E-state index >= 15 is 0 Å². The second-order valence-corrected chi connectivity index (χ2v) is 5.48. The van der Waals surface area contributed by atoms with Crippen LogP contribution in [0.3, 0.4) is 0 Å². The van der Waals surface area contributed by atoms with Crippen LogP contribution in [-0.2, 0) is 13.1 Å². The molecule has 0 spiro atoms. The van der Waals surface area contributed by atoms with Gasteiger partial charge in [-0.1, -0.05) is 40.2 Å². The van der Waals surface area contributed by atoms with Gasteiger partial charge in [-0.05, 0) is 35.4 Å². The van der Waals surface area contributed by atoms with Gasteiger partial charge in [0.05, 0.1) is 0 Å². The molecule has 2 aromatic rings. The molecule has 1 heterocycles. The summed E-state index contributed by atoms with van der Waals surface area (Å²) in [5.74, 6) is 0. The van der Waals surface area contributed by atoms with E-state index in [1.165, 1.54) is 11.1 Å². The highest BCUT2D eigenvalue weighted by atomic mass is 79.9. The second-order valence-electron chi connectivity index (χ2n) is 4.57. The van der Waals surface area contributed by atoms with Crippen molar-refractivity contribution in [1.29, 1.82) is 0 Å². The van der Waals surface area contributed by atoms with Gasteiger partial charge in [0.2, 0.25) is 0 Å². The first-order chi connectivity index (χ1) is 9.22. The summed E-state index contributed by atoms with van der Waals surface area (Å²) in [5.41, 5.74) is 3.24. The molecule has 3 rings (SSSR count). The maximum absolute atomic E-state index is 12.2. The molecule has 2 aromatic carbocycles. The Morgan fingerprint density at radius 2 is 1.79 bits per heavy atom. The van der Waals surface area contributed by atoms with Crippen molar-refractivity contribution in [1.82, 2.24) is 4.90 Å². The fourth-order valence-electron chi connectivity index (χ4n) is 2.23. The number of nitrogens with one attached hydrogen (secondary N) is 1. The quantitative estimate of drug-likeness (QED) is 0.847. The molecule has 3 nitrogen and oxygen atoms in total. The van der Waals surface area contributed by atoms with Gasteiger partial charge in [0.25, 0.3) is 0 Å². The summed E-state index contributed by atoms with van der Waals surface area (Å²) in [6, 6.07) is 15.6. The number of benzene rings is 2. The zero-order valence-corrected chi connectivity index (χ0v) is 11.9. The zero-order chi connectivity index (χ0) is 13.2. The number of halogens is 1. The molecule has 2 amide bonds. The highest BCUT2D eigenvalue weighted by Crippen LogP contribution is 2.26. The molecule has 0 aromatic heterocycles. The van der Waals surface area contributed by atoms with Gasteiger partial charge in [0.1, 0.15) is 0 Å². The summed E-state index contributed by atoms with van der Waals surface area (Å²) in [5, 5.41) is 2.91. The van der Waals surface area contributed by atoms with Crippen molar-refractivity contribution in [2.45, 2.75) is 13.1 Å². The normalized spacial score (nSPS) is 13.2. The van der Waals surface area contributed by atoms with Gasteiger partial charge in [-0.15, -0.1) is 0 Å². The van der Waals surface area contributed by atoms with Crippen LogP contribution in [0.25, 0.3) is 0 Å². The third-order valence-electron chi connectivity index (χ3n) is 3.20. The molecule has 0 saturated heterocycles. The molecule has 0 bridgehead atoms. The molecule has 1 aliphatic heterocycles. The van der Waals surface area contributed by atoms with Crippen molar-refractivity contribution in [2.24, 2.45) is 0 Å². The third-order valence-corrected chi connectivity index (χ3v) is 3.70. The monoisotopic (exact) mass is 316 g/mol. The van der Waals surface area contributed by atoms with Crippen LogP contribution in [-0.4, -0.2) is 10.9 Å². The molecule has 0 unspecified atom stereocenters. The minimum Gasteiger partial charge on any atom is -0.316 e. The van der Waals surface area contributed by atoms with Crippen LogP contribution < -0.4 is 5.32 Å². The summed E-state index contributed by atoms with van der Waals surface area (Å²) < 4.78 is 1.05. The predicted molar refractivity (Wildman–Crippen MR) is 78.8 cm³/mol. The van der Waals surface area contributed by atoms with Crippen LogP contribution >= 0.6 is 15.9 Å². The van der Waals surface area contributed by atoms with Gasteiger partial charge >= 0.3 is 6.03 Å². The fourth-order valence-corrected chi connectivity index (χ4v) is 2.64. The van der Waals surface area contributed by atoms with Gasteiger partial charge < -0.3 is 10.2 Å². The molecule has 19 heavy (non-hydrogen) atoms. The summed E-state index contributed by atoms with van der Waals surface area (Å²) in [6.45, 7) is 1.33. The molecule has 96 valence electrons. The van der Waals surface area contributed by atoms with Crippen LogP contribution in [0.2, 0.25) is 0 Å². The average Bonchev–Trinajstić information content (AvgIpc) is 2.83. The lowest BCUT2D eigenvalue weighted by Gasteiger charge is -2.16. The smallest absolute Gasteiger partial charge is 0.316 e. The third kappa shape index (κ3) is 2.63. The number of para-hydroxylation sites is 1. The number of hydrogen-bond donors (Lipinski definition) is 1. The fraction of sp³-hybridized carbons (Fsp3) is 0.133. The molecule has 0 atom stereocenters. The van der Waals surface area contributed by atoms with E-state index in [-0.39, 0.29) is 6.03 Å². The highest BCUT2D eigenvalue weighted by Gasteiger charge is 2.23. The molecule has 0 aliphatic carbocycles.